The fourth-order valence-electron chi connectivity index (χ4n) is 3.71. The minimum absolute atomic E-state index is 0.307. The summed E-state index contributed by atoms with van der Waals surface area (Å²) in [5, 5.41) is 12.7. The lowest BCUT2D eigenvalue weighted by molar-refractivity contribution is -0.0235. The molecule has 2 aliphatic rings. The highest BCUT2D eigenvalue weighted by atomic mass is 16.5. The number of aliphatic hydroxyl groups is 1. The summed E-state index contributed by atoms with van der Waals surface area (Å²) in [6.45, 7) is 10.1. The van der Waals surface area contributed by atoms with Crippen LogP contribution in [0.2, 0.25) is 0 Å². The summed E-state index contributed by atoms with van der Waals surface area (Å²) < 4.78 is 5.79. The molecule has 2 aliphatic heterocycles. The van der Waals surface area contributed by atoms with Crippen LogP contribution in [-0.2, 0) is 4.74 Å². The van der Waals surface area contributed by atoms with Crippen molar-refractivity contribution in [2.24, 2.45) is 11.3 Å². The van der Waals surface area contributed by atoms with E-state index in [4.69, 9.17) is 9.84 Å². The van der Waals surface area contributed by atoms with Gasteiger partial charge in [0.25, 0.3) is 0 Å². The summed E-state index contributed by atoms with van der Waals surface area (Å²) in [5.74, 6) is 0.699. The number of hydrogen-bond acceptors (Lipinski definition) is 4. The highest BCUT2D eigenvalue weighted by Crippen LogP contribution is 2.31. The first-order valence-corrected chi connectivity index (χ1v) is 8.40. The molecule has 2 heterocycles. The molecular formula is C16H32N2O2. The van der Waals surface area contributed by atoms with Gasteiger partial charge in [-0.1, -0.05) is 6.92 Å². The molecule has 0 amide bonds. The van der Waals surface area contributed by atoms with Gasteiger partial charge >= 0.3 is 0 Å². The second-order valence-corrected chi connectivity index (χ2v) is 6.74. The second-order valence-electron chi connectivity index (χ2n) is 6.74. The van der Waals surface area contributed by atoms with Gasteiger partial charge in [0.1, 0.15) is 0 Å². The number of rotatable bonds is 8. The Morgan fingerprint density at radius 1 is 1.45 bits per heavy atom. The Morgan fingerprint density at radius 2 is 2.35 bits per heavy atom. The van der Waals surface area contributed by atoms with Crippen LogP contribution in [0.25, 0.3) is 0 Å². The van der Waals surface area contributed by atoms with Crippen LogP contribution in [0.5, 0.6) is 0 Å². The van der Waals surface area contributed by atoms with Crippen molar-refractivity contribution in [3.63, 3.8) is 0 Å². The highest BCUT2D eigenvalue weighted by Gasteiger charge is 2.36. The molecule has 2 unspecified atom stereocenters. The molecular weight excluding hydrogens is 252 g/mol. The third kappa shape index (κ3) is 4.69. The van der Waals surface area contributed by atoms with Crippen molar-refractivity contribution in [1.82, 2.24) is 10.2 Å². The van der Waals surface area contributed by atoms with Gasteiger partial charge in [-0.25, -0.2) is 0 Å². The zero-order chi connectivity index (χ0) is 14.3. The average molecular weight is 284 g/mol. The minimum atomic E-state index is 0.307. The predicted molar refractivity (Wildman–Crippen MR) is 81.9 cm³/mol. The van der Waals surface area contributed by atoms with E-state index in [1.807, 2.05) is 0 Å². The monoisotopic (exact) mass is 284 g/mol. The fraction of sp³-hybridized carbons (Fsp3) is 1.00. The van der Waals surface area contributed by atoms with Crippen molar-refractivity contribution in [2.45, 2.75) is 39.0 Å². The molecule has 0 aromatic heterocycles. The van der Waals surface area contributed by atoms with Crippen LogP contribution < -0.4 is 5.32 Å². The number of nitrogens with one attached hydrogen (secondary N) is 1. The average Bonchev–Trinajstić information content (AvgIpc) is 2.88. The van der Waals surface area contributed by atoms with E-state index in [1.54, 1.807) is 0 Å². The molecule has 0 bridgehead atoms. The Bertz CT molecular complexity index is 267. The zero-order valence-corrected chi connectivity index (χ0v) is 13.1. The second kappa shape index (κ2) is 8.32. The molecule has 2 atom stereocenters. The Labute approximate surface area is 123 Å². The van der Waals surface area contributed by atoms with E-state index >= 15 is 0 Å². The quantitative estimate of drug-likeness (QED) is 0.663. The molecule has 0 aromatic carbocycles. The van der Waals surface area contributed by atoms with Gasteiger partial charge in [0, 0.05) is 38.3 Å². The summed E-state index contributed by atoms with van der Waals surface area (Å²) in [5.41, 5.74) is 0.307. The van der Waals surface area contributed by atoms with E-state index < -0.39 is 0 Å². The van der Waals surface area contributed by atoms with Crippen LogP contribution in [0.4, 0.5) is 0 Å². The number of aliphatic hydroxyl groups excluding tert-OH is 1. The fourth-order valence-corrected chi connectivity index (χ4v) is 3.71. The maximum Gasteiger partial charge on any atom is 0.0546 e. The van der Waals surface area contributed by atoms with Crippen LogP contribution in [0.1, 0.15) is 39.0 Å². The lowest BCUT2D eigenvalue weighted by Gasteiger charge is -2.40. The molecule has 2 rings (SSSR count). The van der Waals surface area contributed by atoms with Crippen LogP contribution in [0.3, 0.4) is 0 Å². The van der Waals surface area contributed by atoms with E-state index in [9.17, 15) is 0 Å². The van der Waals surface area contributed by atoms with Crippen LogP contribution in [0.15, 0.2) is 0 Å². The van der Waals surface area contributed by atoms with E-state index in [1.165, 1.54) is 32.2 Å². The molecule has 20 heavy (non-hydrogen) atoms. The standard InChI is InChI=1S/C16H32N2O2/c1-2-7-17-12-16(6-3-10-20-14-16)13-18-8-4-15(11-18)5-9-19/h15,17,19H,2-14H2,1H3. The minimum Gasteiger partial charge on any atom is -0.396 e. The lowest BCUT2D eigenvalue weighted by atomic mass is 9.81. The molecule has 0 saturated carbocycles. The molecule has 2 fully saturated rings. The molecule has 4 heteroatoms. The first-order valence-electron chi connectivity index (χ1n) is 8.40. The Balaban J connectivity index is 1.84. The first-order chi connectivity index (χ1) is 9.78. The Morgan fingerprint density at radius 3 is 3.05 bits per heavy atom. The van der Waals surface area contributed by atoms with Gasteiger partial charge < -0.3 is 20.1 Å². The maximum absolute atomic E-state index is 9.08. The van der Waals surface area contributed by atoms with Crippen molar-refractivity contribution in [1.29, 1.82) is 0 Å². The molecule has 4 nitrogen and oxygen atoms in total. The van der Waals surface area contributed by atoms with Crippen LogP contribution in [-0.4, -0.2) is 62.6 Å². The zero-order valence-electron chi connectivity index (χ0n) is 13.1. The van der Waals surface area contributed by atoms with Crippen molar-refractivity contribution >= 4 is 0 Å². The van der Waals surface area contributed by atoms with E-state index in [2.05, 4.69) is 17.1 Å². The SMILES string of the molecule is CCCNCC1(CN2CCC(CCO)C2)CCCOC1. The van der Waals surface area contributed by atoms with Crippen molar-refractivity contribution < 1.29 is 9.84 Å². The van der Waals surface area contributed by atoms with Crippen molar-refractivity contribution in [3.8, 4) is 0 Å². The summed E-state index contributed by atoms with van der Waals surface area (Å²) in [4.78, 5) is 2.60. The van der Waals surface area contributed by atoms with Crippen molar-refractivity contribution in [2.75, 3.05) is 52.5 Å². The highest BCUT2D eigenvalue weighted by molar-refractivity contribution is 4.89. The molecule has 2 saturated heterocycles. The molecule has 0 aromatic rings. The summed E-state index contributed by atoms with van der Waals surface area (Å²) in [6, 6.07) is 0. The molecule has 2 N–H and O–H groups in total. The predicted octanol–water partition coefficient (Wildman–Crippen LogP) is 1.49. The Kier molecular flexibility index (Phi) is 6.75. The summed E-state index contributed by atoms with van der Waals surface area (Å²) in [7, 11) is 0. The van der Waals surface area contributed by atoms with Gasteiger partial charge in [-0.05, 0) is 51.1 Å². The van der Waals surface area contributed by atoms with Crippen LogP contribution in [0, 0.1) is 11.3 Å². The number of ether oxygens (including phenoxy) is 1. The molecule has 0 aliphatic carbocycles. The topological polar surface area (TPSA) is 44.7 Å². The normalized spacial score (nSPS) is 31.8. The largest absolute Gasteiger partial charge is 0.396 e. The maximum atomic E-state index is 9.08. The van der Waals surface area contributed by atoms with Gasteiger partial charge in [-0.3, -0.25) is 0 Å². The smallest absolute Gasteiger partial charge is 0.0546 e. The molecule has 118 valence electrons. The number of likely N-dealkylation sites (tertiary alicyclic amines) is 1. The van der Waals surface area contributed by atoms with Gasteiger partial charge in [0.2, 0.25) is 0 Å². The van der Waals surface area contributed by atoms with E-state index in [0.29, 0.717) is 17.9 Å². The third-order valence-corrected chi connectivity index (χ3v) is 4.80. The Hall–Kier alpha value is -0.160. The lowest BCUT2D eigenvalue weighted by Crippen LogP contribution is -2.48. The van der Waals surface area contributed by atoms with Crippen molar-refractivity contribution in [3.05, 3.63) is 0 Å². The van der Waals surface area contributed by atoms with Gasteiger partial charge in [0.15, 0.2) is 0 Å². The molecule has 0 radical (unpaired) electrons. The third-order valence-electron chi connectivity index (χ3n) is 4.80. The van der Waals surface area contributed by atoms with E-state index in [-0.39, 0.29) is 0 Å². The first kappa shape index (κ1) is 16.2. The van der Waals surface area contributed by atoms with E-state index in [0.717, 1.165) is 45.8 Å². The summed E-state index contributed by atoms with van der Waals surface area (Å²) >= 11 is 0. The summed E-state index contributed by atoms with van der Waals surface area (Å²) in [6.07, 6.45) is 5.89. The van der Waals surface area contributed by atoms with Crippen LogP contribution >= 0.6 is 0 Å². The van der Waals surface area contributed by atoms with Gasteiger partial charge in [-0.2, -0.15) is 0 Å². The van der Waals surface area contributed by atoms with Gasteiger partial charge in [0.05, 0.1) is 6.61 Å². The number of hydrogen-bond donors (Lipinski definition) is 2. The number of nitrogens with zero attached hydrogens (tertiary/aromatic N) is 1. The van der Waals surface area contributed by atoms with Gasteiger partial charge in [-0.15, -0.1) is 0 Å². The molecule has 0 spiro atoms.